The minimum absolute atomic E-state index is 0.0427. The van der Waals surface area contributed by atoms with Gasteiger partial charge in [-0.15, -0.1) is 11.8 Å². The number of non-ortho nitro benzene ring substituents is 1. The third-order valence-electron chi connectivity index (χ3n) is 4.47. The molecule has 0 saturated carbocycles. The van der Waals surface area contributed by atoms with Crippen LogP contribution in [0.3, 0.4) is 0 Å². The normalized spacial score (nSPS) is 11.3. The molecule has 2 N–H and O–H groups in total. The molecule has 9 heteroatoms. The van der Waals surface area contributed by atoms with Crippen LogP contribution in [0.1, 0.15) is 17.3 Å². The largest absolute Gasteiger partial charge is 0.497 e. The summed E-state index contributed by atoms with van der Waals surface area (Å²) in [5.74, 6) is 0.177. The molecule has 0 fully saturated rings. The van der Waals surface area contributed by atoms with E-state index < -0.39 is 10.2 Å². The van der Waals surface area contributed by atoms with Gasteiger partial charge in [-0.2, -0.15) is 0 Å². The SMILES string of the molecule is COc1ccc(C(=O)Nc2cccc(SC(C)C(=O)Nc3ccc([N+](=O)[O-])cc3)c2)cc1. The smallest absolute Gasteiger partial charge is 0.269 e. The van der Waals surface area contributed by atoms with Crippen molar-refractivity contribution in [2.24, 2.45) is 0 Å². The highest BCUT2D eigenvalue weighted by atomic mass is 32.2. The number of anilines is 2. The Morgan fingerprint density at radius 2 is 1.66 bits per heavy atom. The molecular formula is C23H21N3O5S. The number of nitro groups is 1. The molecule has 0 aliphatic carbocycles. The summed E-state index contributed by atoms with van der Waals surface area (Å²) in [4.78, 5) is 36.0. The first kappa shape index (κ1) is 22.8. The van der Waals surface area contributed by atoms with Crippen molar-refractivity contribution in [2.45, 2.75) is 17.1 Å². The lowest BCUT2D eigenvalue weighted by molar-refractivity contribution is -0.384. The van der Waals surface area contributed by atoms with Gasteiger partial charge in [-0.25, -0.2) is 0 Å². The minimum atomic E-state index is -0.496. The lowest BCUT2D eigenvalue weighted by atomic mass is 10.2. The fourth-order valence-corrected chi connectivity index (χ4v) is 3.69. The molecule has 0 saturated heterocycles. The maximum Gasteiger partial charge on any atom is 0.269 e. The predicted octanol–water partition coefficient (Wildman–Crippen LogP) is 4.98. The van der Waals surface area contributed by atoms with Crippen molar-refractivity contribution in [1.82, 2.24) is 0 Å². The van der Waals surface area contributed by atoms with E-state index in [9.17, 15) is 19.7 Å². The Balaban J connectivity index is 1.59. The van der Waals surface area contributed by atoms with Crippen LogP contribution in [0.5, 0.6) is 5.75 Å². The van der Waals surface area contributed by atoms with Crippen LogP contribution >= 0.6 is 11.8 Å². The van der Waals surface area contributed by atoms with Gasteiger partial charge in [0.25, 0.3) is 11.6 Å². The molecule has 0 bridgehead atoms. The van der Waals surface area contributed by atoms with Crippen molar-refractivity contribution in [3.63, 3.8) is 0 Å². The summed E-state index contributed by atoms with van der Waals surface area (Å²) >= 11 is 1.33. The zero-order valence-electron chi connectivity index (χ0n) is 17.4. The number of carbonyl (C=O) groups is 2. The Labute approximate surface area is 189 Å². The van der Waals surface area contributed by atoms with E-state index in [0.717, 1.165) is 4.90 Å². The summed E-state index contributed by atoms with van der Waals surface area (Å²) < 4.78 is 5.10. The number of ether oxygens (including phenoxy) is 1. The summed E-state index contributed by atoms with van der Waals surface area (Å²) in [6.45, 7) is 1.76. The lowest BCUT2D eigenvalue weighted by Gasteiger charge is -2.13. The van der Waals surface area contributed by atoms with E-state index in [0.29, 0.717) is 22.7 Å². The number of benzene rings is 3. The minimum Gasteiger partial charge on any atom is -0.497 e. The van der Waals surface area contributed by atoms with Crippen molar-refractivity contribution in [1.29, 1.82) is 0 Å². The first-order chi connectivity index (χ1) is 15.4. The maximum atomic E-state index is 12.5. The number of nitrogens with one attached hydrogen (secondary N) is 2. The van der Waals surface area contributed by atoms with E-state index in [1.54, 1.807) is 56.5 Å². The van der Waals surface area contributed by atoms with Crippen molar-refractivity contribution >= 4 is 40.6 Å². The number of nitrogens with zero attached hydrogens (tertiary/aromatic N) is 1. The van der Waals surface area contributed by atoms with E-state index in [4.69, 9.17) is 4.74 Å². The topological polar surface area (TPSA) is 111 Å². The molecule has 2 amide bonds. The quantitative estimate of drug-likeness (QED) is 0.284. The second-order valence-corrected chi connectivity index (χ2v) is 8.18. The Morgan fingerprint density at radius 1 is 0.969 bits per heavy atom. The van der Waals surface area contributed by atoms with Gasteiger partial charge in [0.15, 0.2) is 0 Å². The highest BCUT2D eigenvalue weighted by Gasteiger charge is 2.16. The van der Waals surface area contributed by atoms with Gasteiger partial charge in [-0.3, -0.25) is 19.7 Å². The number of rotatable bonds is 8. The standard InChI is InChI=1S/C23H21N3O5S/c1-15(22(27)24-17-8-10-19(11-9-17)26(29)30)32-21-5-3-4-18(14-21)25-23(28)16-6-12-20(31-2)13-7-16/h3-15H,1-2H3,(H,24,27)(H,25,28). The van der Waals surface area contributed by atoms with Crippen molar-refractivity contribution in [3.8, 4) is 5.75 Å². The van der Waals surface area contributed by atoms with Crippen molar-refractivity contribution < 1.29 is 19.2 Å². The van der Waals surface area contributed by atoms with Crippen LogP contribution in [0.25, 0.3) is 0 Å². The molecular weight excluding hydrogens is 430 g/mol. The number of carbonyl (C=O) groups excluding carboxylic acids is 2. The van der Waals surface area contributed by atoms with Gasteiger partial charge in [-0.05, 0) is 61.5 Å². The highest BCUT2D eigenvalue weighted by Crippen LogP contribution is 2.27. The molecule has 164 valence electrons. The average Bonchev–Trinajstić information content (AvgIpc) is 2.79. The number of thioether (sulfide) groups is 1. The van der Waals surface area contributed by atoms with Gasteiger partial charge < -0.3 is 15.4 Å². The molecule has 0 spiro atoms. The van der Waals surface area contributed by atoms with Crippen LogP contribution < -0.4 is 15.4 Å². The van der Waals surface area contributed by atoms with Crippen molar-refractivity contribution in [2.75, 3.05) is 17.7 Å². The van der Waals surface area contributed by atoms with Gasteiger partial charge in [0.1, 0.15) is 5.75 Å². The van der Waals surface area contributed by atoms with Gasteiger partial charge in [0.2, 0.25) is 5.91 Å². The predicted molar refractivity (Wildman–Crippen MR) is 124 cm³/mol. The molecule has 3 rings (SSSR count). The maximum absolute atomic E-state index is 12.5. The molecule has 0 aromatic heterocycles. The van der Waals surface area contributed by atoms with Gasteiger partial charge in [0.05, 0.1) is 17.3 Å². The molecule has 1 unspecified atom stereocenters. The Kier molecular flexibility index (Phi) is 7.45. The average molecular weight is 452 g/mol. The molecule has 0 radical (unpaired) electrons. The second-order valence-electron chi connectivity index (χ2n) is 6.76. The molecule has 1 atom stereocenters. The van der Waals surface area contributed by atoms with Crippen LogP contribution in [0.2, 0.25) is 0 Å². The van der Waals surface area contributed by atoms with Gasteiger partial charge in [0, 0.05) is 34.0 Å². The summed E-state index contributed by atoms with van der Waals surface area (Å²) in [5, 5.41) is 15.9. The van der Waals surface area contributed by atoms with Crippen LogP contribution in [0.15, 0.2) is 77.7 Å². The molecule has 0 heterocycles. The monoisotopic (exact) mass is 451 g/mol. The number of methoxy groups -OCH3 is 1. The molecule has 8 nitrogen and oxygen atoms in total. The first-order valence-electron chi connectivity index (χ1n) is 9.63. The number of hydrogen-bond acceptors (Lipinski definition) is 6. The van der Waals surface area contributed by atoms with Crippen LogP contribution in [0.4, 0.5) is 17.1 Å². The van der Waals surface area contributed by atoms with E-state index in [1.165, 1.54) is 36.0 Å². The number of nitro benzene ring substituents is 1. The number of hydrogen-bond donors (Lipinski definition) is 2. The molecule has 0 aliphatic rings. The molecule has 3 aromatic carbocycles. The molecule has 32 heavy (non-hydrogen) atoms. The Bertz CT molecular complexity index is 1120. The van der Waals surface area contributed by atoms with Crippen LogP contribution in [0, 0.1) is 10.1 Å². The zero-order chi connectivity index (χ0) is 23.1. The summed E-state index contributed by atoms with van der Waals surface area (Å²) in [6.07, 6.45) is 0. The third-order valence-corrected chi connectivity index (χ3v) is 5.57. The van der Waals surface area contributed by atoms with E-state index in [2.05, 4.69) is 10.6 Å². The molecule has 3 aromatic rings. The summed E-state index contributed by atoms with van der Waals surface area (Å²) in [6, 6.07) is 19.6. The summed E-state index contributed by atoms with van der Waals surface area (Å²) in [5.41, 5.74) is 1.55. The lowest BCUT2D eigenvalue weighted by Crippen LogP contribution is -2.22. The fraction of sp³-hybridized carbons (Fsp3) is 0.130. The van der Waals surface area contributed by atoms with Crippen LogP contribution in [-0.2, 0) is 4.79 Å². The Morgan fingerprint density at radius 3 is 2.28 bits per heavy atom. The van der Waals surface area contributed by atoms with E-state index in [-0.39, 0.29) is 17.5 Å². The molecule has 0 aliphatic heterocycles. The first-order valence-corrected chi connectivity index (χ1v) is 10.5. The zero-order valence-corrected chi connectivity index (χ0v) is 18.2. The van der Waals surface area contributed by atoms with E-state index in [1.807, 2.05) is 6.07 Å². The second kappa shape index (κ2) is 10.5. The summed E-state index contributed by atoms with van der Waals surface area (Å²) in [7, 11) is 1.56. The van der Waals surface area contributed by atoms with Gasteiger partial charge in [-0.1, -0.05) is 6.07 Å². The highest BCUT2D eigenvalue weighted by molar-refractivity contribution is 8.00. The van der Waals surface area contributed by atoms with Crippen molar-refractivity contribution in [3.05, 3.63) is 88.5 Å². The van der Waals surface area contributed by atoms with Crippen LogP contribution in [-0.4, -0.2) is 29.1 Å². The van der Waals surface area contributed by atoms with Gasteiger partial charge >= 0.3 is 0 Å². The number of amides is 2. The van der Waals surface area contributed by atoms with E-state index >= 15 is 0 Å². The fourth-order valence-electron chi connectivity index (χ4n) is 2.76. The third kappa shape index (κ3) is 6.08. The Hall–Kier alpha value is -3.85.